The molecule has 0 spiro atoms. The van der Waals surface area contributed by atoms with Gasteiger partial charge in [-0.3, -0.25) is 9.78 Å². The molecular formula is C22H25ClN4O2. The van der Waals surface area contributed by atoms with E-state index in [0.717, 1.165) is 54.1 Å². The van der Waals surface area contributed by atoms with Crippen molar-refractivity contribution in [2.45, 2.75) is 0 Å². The van der Waals surface area contributed by atoms with Gasteiger partial charge >= 0.3 is 0 Å². The fraction of sp³-hybridized carbons (Fsp3) is 0.273. The van der Waals surface area contributed by atoms with Crippen LogP contribution in [0.2, 0.25) is 0 Å². The van der Waals surface area contributed by atoms with E-state index in [9.17, 15) is 4.79 Å². The van der Waals surface area contributed by atoms with Crippen LogP contribution in [0.4, 0.5) is 11.4 Å². The number of anilines is 2. The lowest BCUT2D eigenvalue weighted by Crippen LogP contribution is -2.44. The highest BCUT2D eigenvalue weighted by Gasteiger charge is 2.15. The second-order valence-corrected chi connectivity index (χ2v) is 7.03. The van der Waals surface area contributed by atoms with Crippen LogP contribution >= 0.6 is 12.4 Å². The Hall–Kier alpha value is -2.83. The third-order valence-corrected chi connectivity index (χ3v) is 5.24. The predicted molar refractivity (Wildman–Crippen MR) is 120 cm³/mol. The number of aromatic nitrogens is 1. The molecule has 0 radical (unpaired) electrons. The van der Waals surface area contributed by atoms with Crippen molar-refractivity contribution < 1.29 is 9.53 Å². The number of carbonyl (C=O) groups is 1. The quantitative estimate of drug-likeness (QED) is 0.708. The fourth-order valence-corrected chi connectivity index (χ4v) is 3.53. The molecule has 6 nitrogen and oxygen atoms in total. The largest absolute Gasteiger partial charge is 0.496 e. The first-order valence-corrected chi connectivity index (χ1v) is 9.41. The van der Waals surface area contributed by atoms with Crippen molar-refractivity contribution in [1.82, 2.24) is 9.88 Å². The molecule has 1 aromatic heterocycles. The molecule has 1 N–H and O–H groups in total. The Morgan fingerprint density at radius 1 is 1.00 bits per heavy atom. The first kappa shape index (κ1) is 20.9. The monoisotopic (exact) mass is 412 g/mol. The van der Waals surface area contributed by atoms with Crippen molar-refractivity contribution >= 4 is 40.5 Å². The number of carbonyl (C=O) groups excluding carboxylic acids is 1. The van der Waals surface area contributed by atoms with E-state index < -0.39 is 0 Å². The van der Waals surface area contributed by atoms with Crippen molar-refractivity contribution in [3.05, 3.63) is 60.4 Å². The van der Waals surface area contributed by atoms with Crippen LogP contribution in [0, 0.1) is 0 Å². The van der Waals surface area contributed by atoms with E-state index in [-0.39, 0.29) is 18.3 Å². The SMILES string of the molecule is COc1ccc(NC(=O)c2ccc(N3CCN(C)CC3)cc2)c2ccncc12.Cl. The van der Waals surface area contributed by atoms with Crippen molar-refractivity contribution in [2.24, 2.45) is 0 Å². The zero-order chi connectivity index (χ0) is 19.5. The third-order valence-electron chi connectivity index (χ3n) is 5.24. The Morgan fingerprint density at radius 3 is 2.41 bits per heavy atom. The number of pyridine rings is 1. The molecule has 3 aromatic rings. The van der Waals surface area contributed by atoms with E-state index in [1.165, 1.54) is 0 Å². The normalized spacial score (nSPS) is 14.3. The number of fused-ring (bicyclic) bond motifs is 1. The molecule has 1 aliphatic heterocycles. The second kappa shape index (κ2) is 9.11. The molecule has 29 heavy (non-hydrogen) atoms. The zero-order valence-electron chi connectivity index (χ0n) is 16.6. The van der Waals surface area contributed by atoms with Crippen molar-refractivity contribution in [3.8, 4) is 5.75 Å². The number of hydrogen-bond donors (Lipinski definition) is 1. The minimum Gasteiger partial charge on any atom is -0.496 e. The second-order valence-electron chi connectivity index (χ2n) is 7.03. The predicted octanol–water partition coefficient (Wildman–Crippen LogP) is 3.67. The van der Waals surface area contributed by atoms with Gasteiger partial charge < -0.3 is 19.9 Å². The molecule has 0 atom stereocenters. The molecule has 1 aliphatic rings. The molecule has 0 aliphatic carbocycles. The molecule has 4 rings (SSSR count). The van der Waals surface area contributed by atoms with Gasteiger partial charge in [0.1, 0.15) is 5.75 Å². The van der Waals surface area contributed by atoms with Crippen molar-refractivity contribution in [2.75, 3.05) is 50.6 Å². The van der Waals surface area contributed by atoms with Gasteiger partial charge in [-0.05, 0) is 49.5 Å². The zero-order valence-corrected chi connectivity index (χ0v) is 17.4. The van der Waals surface area contributed by atoms with Crippen LogP contribution in [0.1, 0.15) is 10.4 Å². The molecule has 0 bridgehead atoms. The van der Waals surface area contributed by atoms with Crippen molar-refractivity contribution in [1.29, 1.82) is 0 Å². The maximum absolute atomic E-state index is 12.8. The number of ether oxygens (including phenoxy) is 1. The number of piperazine rings is 1. The Balaban J connectivity index is 0.00000240. The summed E-state index contributed by atoms with van der Waals surface area (Å²) in [5.74, 6) is 0.603. The van der Waals surface area contributed by atoms with Crippen LogP contribution in [-0.2, 0) is 0 Å². The van der Waals surface area contributed by atoms with Crippen LogP contribution < -0.4 is 15.0 Å². The van der Waals surface area contributed by atoms with Crippen LogP contribution in [-0.4, -0.2) is 56.1 Å². The summed E-state index contributed by atoms with van der Waals surface area (Å²) in [4.78, 5) is 21.6. The number of amides is 1. The average molecular weight is 413 g/mol. The van der Waals surface area contributed by atoms with Crippen LogP contribution in [0.25, 0.3) is 10.8 Å². The lowest BCUT2D eigenvalue weighted by Gasteiger charge is -2.34. The van der Waals surface area contributed by atoms with Gasteiger partial charge in [0, 0.05) is 66.3 Å². The molecule has 152 valence electrons. The first-order chi connectivity index (χ1) is 13.7. The van der Waals surface area contributed by atoms with E-state index in [0.29, 0.717) is 5.56 Å². The van der Waals surface area contributed by atoms with Crippen LogP contribution in [0.3, 0.4) is 0 Å². The molecular weight excluding hydrogens is 388 g/mol. The van der Waals surface area contributed by atoms with Crippen LogP contribution in [0.5, 0.6) is 5.75 Å². The van der Waals surface area contributed by atoms with E-state index in [4.69, 9.17) is 4.74 Å². The Bertz CT molecular complexity index is 986. The maximum atomic E-state index is 12.8. The third kappa shape index (κ3) is 4.44. The van der Waals surface area contributed by atoms with Gasteiger partial charge in [-0.1, -0.05) is 0 Å². The first-order valence-electron chi connectivity index (χ1n) is 9.41. The molecule has 0 unspecified atom stereocenters. The highest BCUT2D eigenvalue weighted by atomic mass is 35.5. The Labute approximate surface area is 176 Å². The summed E-state index contributed by atoms with van der Waals surface area (Å²) in [7, 11) is 3.77. The number of rotatable bonds is 4. The summed E-state index contributed by atoms with van der Waals surface area (Å²) in [5.41, 5.74) is 2.54. The van der Waals surface area contributed by atoms with Gasteiger partial charge in [0.2, 0.25) is 0 Å². The summed E-state index contributed by atoms with van der Waals surface area (Å²) in [5, 5.41) is 4.78. The summed E-state index contributed by atoms with van der Waals surface area (Å²) in [6.45, 7) is 4.13. The number of halogens is 1. The van der Waals surface area contributed by atoms with Gasteiger partial charge in [0.15, 0.2) is 0 Å². The summed E-state index contributed by atoms with van der Waals surface area (Å²) in [6.07, 6.45) is 3.46. The van der Waals surface area contributed by atoms with Crippen molar-refractivity contribution in [3.63, 3.8) is 0 Å². The Morgan fingerprint density at radius 2 is 1.72 bits per heavy atom. The Kier molecular flexibility index (Phi) is 6.56. The minimum absolute atomic E-state index is 0. The number of nitrogens with one attached hydrogen (secondary N) is 1. The van der Waals surface area contributed by atoms with Gasteiger partial charge in [0.25, 0.3) is 5.91 Å². The average Bonchev–Trinajstić information content (AvgIpc) is 2.74. The molecule has 7 heteroatoms. The highest BCUT2D eigenvalue weighted by molar-refractivity contribution is 6.10. The van der Waals surface area contributed by atoms with E-state index >= 15 is 0 Å². The molecule has 1 saturated heterocycles. The number of nitrogens with zero attached hydrogens (tertiary/aromatic N) is 3. The van der Waals surface area contributed by atoms with E-state index in [1.807, 2.05) is 42.5 Å². The molecule has 2 heterocycles. The lowest BCUT2D eigenvalue weighted by atomic mass is 10.1. The summed E-state index contributed by atoms with van der Waals surface area (Å²) >= 11 is 0. The highest BCUT2D eigenvalue weighted by Crippen LogP contribution is 2.31. The maximum Gasteiger partial charge on any atom is 0.255 e. The number of hydrogen-bond acceptors (Lipinski definition) is 5. The van der Waals surface area contributed by atoms with Crippen LogP contribution in [0.15, 0.2) is 54.9 Å². The number of likely N-dealkylation sites (N-methyl/N-ethyl adjacent to an activating group) is 1. The summed E-state index contributed by atoms with van der Waals surface area (Å²) in [6, 6.07) is 13.4. The molecule has 1 amide bonds. The molecule has 0 saturated carbocycles. The minimum atomic E-state index is -0.131. The van der Waals surface area contributed by atoms with Gasteiger partial charge in [0.05, 0.1) is 7.11 Å². The number of benzene rings is 2. The molecule has 2 aromatic carbocycles. The van der Waals surface area contributed by atoms with Gasteiger partial charge in [-0.25, -0.2) is 0 Å². The van der Waals surface area contributed by atoms with Gasteiger partial charge in [-0.15, -0.1) is 12.4 Å². The standard InChI is InChI=1S/C22H24N4O2.ClH/c1-25-11-13-26(14-12-25)17-5-3-16(4-6-17)22(27)24-20-7-8-21(28-2)19-15-23-10-9-18(19)20;/h3-10,15H,11-14H2,1-2H3,(H,24,27);1H. The summed E-state index contributed by atoms with van der Waals surface area (Å²) < 4.78 is 5.39. The van der Waals surface area contributed by atoms with Gasteiger partial charge in [-0.2, -0.15) is 0 Å². The fourth-order valence-electron chi connectivity index (χ4n) is 3.53. The van der Waals surface area contributed by atoms with E-state index in [1.54, 1.807) is 19.5 Å². The topological polar surface area (TPSA) is 57.7 Å². The smallest absolute Gasteiger partial charge is 0.255 e. The van der Waals surface area contributed by atoms with E-state index in [2.05, 4.69) is 27.1 Å². The lowest BCUT2D eigenvalue weighted by molar-refractivity contribution is 0.102. The molecule has 1 fully saturated rings. The number of methoxy groups -OCH3 is 1.